The van der Waals surface area contributed by atoms with Gasteiger partial charge in [-0.25, -0.2) is 4.98 Å². The lowest BCUT2D eigenvalue weighted by Gasteiger charge is -2.23. The molecule has 1 atom stereocenters. The van der Waals surface area contributed by atoms with Crippen molar-refractivity contribution in [3.63, 3.8) is 0 Å². The molecule has 1 aromatic heterocycles. The Hall–Kier alpha value is -4.37. The number of aromatic hydroxyl groups is 1. The number of amides is 1. The molecule has 9 heteroatoms. The number of hydrogen-bond donors (Lipinski definition) is 2. The topological polar surface area (TPSA) is 109 Å². The van der Waals surface area contributed by atoms with Crippen LogP contribution in [0.5, 0.6) is 17.2 Å². The molecule has 38 heavy (non-hydrogen) atoms. The molecule has 2 N–H and O–H groups in total. The highest BCUT2D eigenvalue weighted by Gasteiger charge is 2.48. The SMILES string of the molecule is CCCOc1ccc(/C(O)=C2\C(=O)C(=O)N(c3nc4ccc(OCC)cc4s3)C2c2ccc(O)cc2)cc1. The van der Waals surface area contributed by atoms with Crippen molar-refractivity contribution in [1.82, 2.24) is 4.98 Å². The summed E-state index contributed by atoms with van der Waals surface area (Å²) in [6, 6.07) is 17.4. The Kier molecular flexibility index (Phi) is 7.02. The second-order valence-corrected chi connectivity index (χ2v) is 9.70. The van der Waals surface area contributed by atoms with Gasteiger partial charge in [0.15, 0.2) is 5.13 Å². The van der Waals surface area contributed by atoms with Crippen LogP contribution in [0.2, 0.25) is 0 Å². The number of Topliss-reactive ketones (excluding diaryl/α,β-unsaturated/α-hetero) is 1. The Morgan fingerprint density at radius 2 is 1.68 bits per heavy atom. The van der Waals surface area contributed by atoms with Crippen LogP contribution in [0.15, 0.2) is 72.3 Å². The molecular weight excluding hydrogens is 504 g/mol. The zero-order valence-electron chi connectivity index (χ0n) is 20.9. The second-order valence-electron chi connectivity index (χ2n) is 8.69. The molecular formula is C29H26N2O6S. The number of aliphatic hydroxyl groups excluding tert-OH is 1. The van der Waals surface area contributed by atoms with Crippen molar-refractivity contribution in [3.8, 4) is 17.2 Å². The summed E-state index contributed by atoms with van der Waals surface area (Å²) in [6.07, 6.45) is 0.858. The number of hydrogen-bond acceptors (Lipinski definition) is 8. The van der Waals surface area contributed by atoms with Crippen LogP contribution >= 0.6 is 11.3 Å². The number of rotatable bonds is 8. The number of carbonyl (C=O) groups excluding carboxylic acids is 2. The Labute approximate surface area is 223 Å². The van der Waals surface area contributed by atoms with E-state index in [0.717, 1.165) is 11.1 Å². The number of aromatic nitrogens is 1. The van der Waals surface area contributed by atoms with Crippen LogP contribution in [-0.2, 0) is 9.59 Å². The predicted octanol–water partition coefficient (Wildman–Crippen LogP) is 5.82. The van der Waals surface area contributed by atoms with E-state index in [0.29, 0.717) is 46.5 Å². The molecule has 3 aromatic carbocycles. The number of fused-ring (bicyclic) bond motifs is 1. The Morgan fingerprint density at radius 3 is 2.37 bits per heavy atom. The lowest BCUT2D eigenvalue weighted by Crippen LogP contribution is -2.29. The molecule has 1 amide bonds. The Balaban J connectivity index is 1.62. The number of carbonyl (C=O) groups is 2. The first-order valence-electron chi connectivity index (χ1n) is 12.3. The van der Waals surface area contributed by atoms with Gasteiger partial charge in [0, 0.05) is 5.56 Å². The van der Waals surface area contributed by atoms with Crippen LogP contribution < -0.4 is 14.4 Å². The van der Waals surface area contributed by atoms with E-state index in [1.165, 1.54) is 28.4 Å². The molecule has 0 aliphatic carbocycles. The van der Waals surface area contributed by atoms with E-state index in [1.54, 1.807) is 48.5 Å². The van der Waals surface area contributed by atoms with E-state index in [4.69, 9.17) is 9.47 Å². The monoisotopic (exact) mass is 530 g/mol. The van der Waals surface area contributed by atoms with Gasteiger partial charge in [0.05, 0.1) is 35.0 Å². The van der Waals surface area contributed by atoms with Crippen LogP contribution in [0.1, 0.15) is 37.4 Å². The van der Waals surface area contributed by atoms with Gasteiger partial charge in [0.2, 0.25) is 0 Å². The van der Waals surface area contributed by atoms with Crippen molar-refractivity contribution in [2.75, 3.05) is 18.1 Å². The summed E-state index contributed by atoms with van der Waals surface area (Å²) in [7, 11) is 0. The minimum atomic E-state index is -0.946. The Bertz CT molecular complexity index is 1530. The summed E-state index contributed by atoms with van der Waals surface area (Å²) in [5, 5.41) is 21.5. The maximum atomic E-state index is 13.4. The normalized spacial score (nSPS) is 16.8. The zero-order valence-corrected chi connectivity index (χ0v) is 21.7. The zero-order chi connectivity index (χ0) is 26.8. The summed E-state index contributed by atoms with van der Waals surface area (Å²) in [6.45, 7) is 4.97. The van der Waals surface area contributed by atoms with E-state index < -0.39 is 17.7 Å². The van der Waals surface area contributed by atoms with Crippen LogP contribution in [0.3, 0.4) is 0 Å². The predicted molar refractivity (Wildman–Crippen MR) is 146 cm³/mol. The van der Waals surface area contributed by atoms with E-state index in [2.05, 4.69) is 4.98 Å². The van der Waals surface area contributed by atoms with Crippen LogP contribution in [-0.4, -0.2) is 40.1 Å². The van der Waals surface area contributed by atoms with E-state index in [9.17, 15) is 19.8 Å². The number of phenolic OH excluding ortho intramolecular Hbond substituents is 1. The summed E-state index contributed by atoms with van der Waals surface area (Å²) in [5.74, 6) is -0.557. The van der Waals surface area contributed by atoms with Gasteiger partial charge in [-0.1, -0.05) is 30.4 Å². The maximum Gasteiger partial charge on any atom is 0.301 e. The molecule has 0 saturated carbocycles. The van der Waals surface area contributed by atoms with E-state index in [1.807, 2.05) is 19.9 Å². The number of aliphatic hydroxyl groups is 1. The van der Waals surface area contributed by atoms with Gasteiger partial charge in [0.1, 0.15) is 23.0 Å². The number of ketones is 1. The quantitative estimate of drug-likeness (QED) is 0.168. The molecule has 2 heterocycles. The maximum absolute atomic E-state index is 13.4. The smallest absolute Gasteiger partial charge is 0.301 e. The molecule has 194 valence electrons. The van der Waals surface area contributed by atoms with Gasteiger partial charge in [0.25, 0.3) is 5.78 Å². The first-order valence-corrected chi connectivity index (χ1v) is 13.1. The van der Waals surface area contributed by atoms with Crippen LogP contribution in [0.4, 0.5) is 5.13 Å². The first-order chi connectivity index (χ1) is 18.4. The van der Waals surface area contributed by atoms with Crippen molar-refractivity contribution >= 4 is 44.1 Å². The fraction of sp³-hybridized carbons (Fsp3) is 0.207. The number of phenols is 1. The largest absolute Gasteiger partial charge is 0.508 e. The molecule has 8 nitrogen and oxygen atoms in total. The fourth-order valence-electron chi connectivity index (χ4n) is 4.34. The summed E-state index contributed by atoms with van der Waals surface area (Å²) < 4.78 is 12.0. The van der Waals surface area contributed by atoms with Crippen molar-refractivity contribution in [2.24, 2.45) is 0 Å². The molecule has 1 aliphatic heterocycles. The standard InChI is InChI=1S/C29H26N2O6S/c1-3-15-37-20-11-7-18(8-12-20)26(33)24-25(17-5-9-19(32)10-6-17)31(28(35)27(24)34)29-30-22-14-13-21(36-4-2)16-23(22)38-29/h5-14,16,25,32-33H,3-4,15H2,1-2H3/b26-24+. The third kappa shape index (κ3) is 4.68. The van der Waals surface area contributed by atoms with Gasteiger partial charge in [-0.2, -0.15) is 0 Å². The molecule has 1 fully saturated rings. The highest BCUT2D eigenvalue weighted by atomic mass is 32.1. The molecule has 1 unspecified atom stereocenters. The van der Waals surface area contributed by atoms with E-state index in [-0.39, 0.29) is 17.1 Å². The lowest BCUT2D eigenvalue weighted by atomic mass is 9.95. The molecule has 0 radical (unpaired) electrons. The third-order valence-corrected chi connectivity index (χ3v) is 7.14. The number of thiazole rings is 1. The van der Waals surface area contributed by atoms with Gasteiger partial charge in [-0.3, -0.25) is 14.5 Å². The van der Waals surface area contributed by atoms with Gasteiger partial charge < -0.3 is 19.7 Å². The third-order valence-electron chi connectivity index (χ3n) is 6.12. The molecule has 1 aliphatic rings. The molecule has 5 rings (SSSR count). The Morgan fingerprint density at radius 1 is 0.974 bits per heavy atom. The molecule has 0 bridgehead atoms. The molecule has 0 spiro atoms. The highest BCUT2D eigenvalue weighted by Crippen LogP contribution is 2.45. The lowest BCUT2D eigenvalue weighted by molar-refractivity contribution is -0.132. The van der Waals surface area contributed by atoms with Gasteiger partial charge >= 0.3 is 5.91 Å². The van der Waals surface area contributed by atoms with Crippen molar-refractivity contribution in [2.45, 2.75) is 26.3 Å². The minimum Gasteiger partial charge on any atom is -0.508 e. The van der Waals surface area contributed by atoms with E-state index >= 15 is 0 Å². The highest BCUT2D eigenvalue weighted by molar-refractivity contribution is 7.22. The summed E-state index contributed by atoms with van der Waals surface area (Å²) in [5.41, 5.74) is 1.52. The van der Waals surface area contributed by atoms with Crippen LogP contribution in [0, 0.1) is 0 Å². The van der Waals surface area contributed by atoms with Crippen molar-refractivity contribution < 1.29 is 29.3 Å². The first kappa shape index (κ1) is 25.3. The van der Waals surface area contributed by atoms with Gasteiger partial charge in [-0.15, -0.1) is 0 Å². The van der Waals surface area contributed by atoms with Crippen molar-refractivity contribution in [1.29, 1.82) is 0 Å². The number of anilines is 1. The summed E-state index contributed by atoms with van der Waals surface area (Å²) in [4.78, 5) is 32.8. The van der Waals surface area contributed by atoms with Crippen molar-refractivity contribution in [3.05, 3.63) is 83.4 Å². The second kappa shape index (κ2) is 10.5. The number of nitrogens with zero attached hydrogens (tertiary/aromatic N) is 2. The number of benzene rings is 3. The summed E-state index contributed by atoms with van der Waals surface area (Å²) >= 11 is 1.25. The van der Waals surface area contributed by atoms with Gasteiger partial charge in [-0.05, 0) is 73.5 Å². The minimum absolute atomic E-state index is 0.0387. The van der Waals surface area contributed by atoms with Crippen LogP contribution in [0.25, 0.3) is 16.0 Å². The average molecular weight is 531 g/mol. The number of ether oxygens (including phenoxy) is 2. The molecule has 4 aromatic rings. The molecule has 1 saturated heterocycles. The fourth-order valence-corrected chi connectivity index (χ4v) is 5.36. The average Bonchev–Trinajstić information content (AvgIpc) is 3.45.